The average molecular weight is 479 g/mol. The van der Waals surface area contributed by atoms with Crippen LogP contribution in [0.15, 0.2) is 30.6 Å². The van der Waals surface area contributed by atoms with Crippen molar-refractivity contribution in [3.8, 4) is 17.0 Å². The number of nitrogens with zero attached hydrogens (tertiary/aromatic N) is 5. The van der Waals surface area contributed by atoms with Gasteiger partial charge in [0.05, 0.1) is 29.7 Å². The van der Waals surface area contributed by atoms with Gasteiger partial charge < -0.3 is 14.7 Å². The maximum atomic E-state index is 11.1. The second-order valence-corrected chi connectivity index (χ2v) is 9.74. The molecule has 0 spiro atoms. The van der Waals surface area contributed by atoms with Gasteiger partial charge in [0.25, 0.3) is 0 Å². The van der Waals surface area contributed by atoms with Crippen molar-refractivity contribution >= 4 is 17.3 Å². The Bertz CT molecular complexity index is 1210. The van der Waals surface area contributed by atoms with Gasteiger partial charge in [-0.1, -0.05) is 6.07 Å². The van der Waals surface area contributed by atoms with Crippen LogP contribution in [0.1, 0.15) is 43.1 Å². The Hall–Kier alpha value is -3.17. The summed E-state index contributed by atoms with van der Waals surface area (Å²) in [6, 6.07) is 6.12. The maximum absolute atomic E-state index is 11.1. The van der Waals surface area contributed by atoms with Gasteiger partial charge in [-0.25, -0.2) is 9.78 Å². The first-order valence-electron chi connectivity index (χ1n) is 12.4. The van der Waals surface area contributed by atoms with Crippen LogP contribution in [0.4, 0.5) is 10.5 Å². The minimum Gasteiger partial charge on any atom is -0.495 e. The number of carboxylic acid groups (broad SMARTS) is 1. The zero-order chi connectivity index (χ0) is 24.5. The summed E-state index contributed by atoms with van der Waals surface area (Å²) in [6.45, 7) is 6.66. The zero-order valence-corrected chi connectivity index (χ0v) is 20.7. The Kier molecular flexibility index (Phi) is 6.62. The van der Waals surface area contributed by atoms with E-state index in [1.54, 1.807) is 6.07 Å². The summed E-state index contributed by atoms with van der Waals surface area (Å²) in [5, 5.41) is 11.5. The van der Waals surface area contributed by atoms with E-state index in [1.165, 1.54) is 33.0 Å². The number of fused-ring (bicyclic) bond motifs is 1. The number of methoxy groups -OCH3 is 1. The molecule has 0 atom stereocenters. The highest BCUT2D eigenvalue weighted by Crippen LogP contribution is 2.39. The van der Waals surface area contributed by atoms with Crippen molar-refractivity contribution in [2.75, 3.05) is 45.7 Å². The van der Waals surface area contributed by atoms with Crippen molar-refractivity contribution in [2.45, 2.75) is 44.6 Å². The summed E-state index contributed by atoms with van der Waals surface area (Å²) in [4.78, 5) is 25.9. The Morgan fingerprint density at radius 3 is 2.57 bits per heavy atom. The summed E-state index contributed by atoms with van der Waals surface area (Å²) in [7, 11) is 3.74. The van der Waals surface area contributed by atoms with Crippen LogP contribution < -0.4 is 10.1 Å². The summed E-state index contributed by atoms with van der Waals surface area (Å²) in [6.07, 6.45) is 7.38. The van der Waals surface area contributed by atoms with Crippen molar-refractivity contribution in [1.82, 2.24) is 24.2 Å². The van der Waals surface area contributed by atoms with Crippen molar-refractivity contribution in [3.05, 3.63) is 42.1 Å². The van der Waals surface area contributed by atoms with E-state index in [0.29, 0.717) is 23.4 Å². The average Bonchev–Trinajstić information content (AvgIpc) is 3.26. The van der Waals surface area contributed by atoms with Crippen LogP contribution in [-0.2, 0) is 0 Å². The van der Waals surface area contributed by atoms with Crippen molar-refractivity contribution in [2.24, 2.45) is 0 Å². The first kappa shape index (κ1) is 23.6. The minimum absolute atomic E-state index is 0.400. The van der Waals surface area contributed by atoms with Gasteiger partial charge in [-0.3, -0.25) is 19.6 Å². The molecule has 3 heterocycles. The second-order valence-electron chi connectivity index (χ2n) is 9.74. The molecule has 1 saturated heterocycles. The molecule has 1 amide bonds. The Balaban J connectivity index is 1.44. The van der Waals surface area contributed by atoms with E-state index < -0.39 is 6.09 Å². The van der Waals surface area contributed by atoms with Crippen LogP contribution in [0, 0.1) is 6.92 Å². The largest absolute Gasteiger partial charge is 0.495 e. The molecule has 2 N–H and O–H groups in total. The van der Waals surface area contributed by atoms with Crippen molar-refractivity contribution in [3.63, 3.8) is 0 Å². The molecule has 0 unspecified atom stereocenters. The predicted octanol–water partition coefficient (Wildman–Crippen LogP) is 4.08. The molecule has 2 aliphatic rings. The van der Waals surface area contributed by atoms with Gasteiger partial charge >= 0.3 is 6.09 Å². The number of carbonyl (C=O) groups is 1. The molecule has 1 aliphatic heterocycles. The predicted molar refractivity (Wildman–Crippen MR) is 135 cm³/mol. The number of rotatable bonds is 5. The molecule has 186 valence electrons. The van der Waals surface area contributed by atoms with Crippen LogP contribution in [0.5, 0.6) is 5.75 Å². The van der Waals surface area contributed by atoms with E-state index in [0.717, 1.165) is 54.2 Å². The number of nitrogens with one attached hydrogen (secondary N) is 1. The highest BCUT2D eigenvalue weighted by atomic mass is 16.5. The number of aryl methyl sites for hydroxylation is 1. The van der Waals surface area contributed by atoms with Crippen molar-refractivity contribution < 1.29 is 14.6 Å². The fourth-order valence-electron chi connectivity index (χ4n) is 5.65. The molecule has 3 aromatic rings. The monoisotopic (exact) mass is 478 g/mol. The van der Waals surface area contributed by atoms with E-state index in [9.17, 15) is 4.79 Å². The fraction of sp³-hybridized carbons (Fsp3) is 0.500. The quantitative estimate of drug-likeness (QED) is 0.571. The highest BCUT2D eigenvalue weighted by molar-refractivity contribution is 5.88. The number of benzene rings is 1. The molecule has 35 heavy (non-hydrogen) atoms. The third-order valence-corrected chi connectivity index (χ3v) is 7.60. The lowest BCUT2D eigenvalue weighted by Crippen LogP contribution is -2.49. The number of amides is 1. The van der Waals surface area contributed by atoms with Gasteiger partial charge in [0.1, 0.15) is 11.6 Å². The smallest absolute Gasteiger partial charge is 0.409 e. The van der Waals surface area contributed by atoms with Gasteiger partial charge in [0.2, 0.25) is 0 Å². The Morgan fingerprint density at radius 2 is 1.89 bits per heavy atom. The number of imidazole rings is 1. The molecule has 9 nitrogen and oxygen atoms in total. The summed E-state index contributed by atoms with van der Waals surface area (Å²) in [5.74, 6) is 1.95. The van der Waals surface area contributed by atoms with Gasteiger partial charge in [0, 0.05) is 56.1 Å². The number of aromatic nitrogens is 3. The van der Waals surface area contributed by atoms with Gasteiger partial charge in [0.15, 0.2) is 0 Å². The van der Waals surface area contributed by atoms with Gasteiger partial charge in [-0.15, -0.1) is 0 Å². The van der Waals surface area contributed by atoms with Crippen LogP contribution in [0.25, 0.3) is 16.8 Å². The maximum Gasteiger partial charge on any atom is 0.409 e. The third-order valence-electron chi connectivity index (χ3n) is 7.60. The number of ether oxygens (including phenoxy) is 1. The van der Waals surface area contributed by atoms with E-state index in [-0.39, 0.29) is 0 Å². The normalized spacial score (nSPS) is 21.8. The first-order valence-corrected chi connectivity index (χ1v) is 12.4. The lowest BCUT2D eigenvalue weighted by Gasteiger charge is -2.41. The molecule has 2 aromatic heterocycles. The van der Waals surface area contributed by atoms with E-state index >= 15 is 0 Å². The summed E-state index contributed by atoms with van der Waals surface area (Å²) in [5.41, 5.74) is 4.05. The zero-order valence-electron chi connectivity index (χ0n) is 20.7. The highest BCUT2D eigenvalue weighted by Gasteiger charge is 2.31. The SMILES string of the molecule is COc1cc(-c2nc(C3CCC(N4CCN(C)CC4)CC3)n3ccnc(C)c23)ccc1NC(=O)O. The van der Waals surface area contributed by atoms with Crippen LogP contribution >= 0.6 is 0 Å². The molecule has 9 heteroatoms. The lowest BCUT2D eigenvalue weighted by molar-refractivity contribution is 0.0872. The molecular weight excluding hydrogens is 444 g/mol. The van der Waals surface area contributed by atoms with E-state index in [2.05, 4.69) is 31.5 Å². The van der Waals surface area contributed by atoms with Gasteiger partial charge in [-0.05, 0) is 51.8 Å². The lowest BCUT2D eigenvalue weighted by atomic mass is 9.84. The molecular formula is C26H34N6O3. The molecule has 1 saturated carbocycles. The molecule has 1 aromatic carbocycles. The number of likely N-dealkylation sites (N-methyl/N-ethyl adjacent to an activating group) is 1. The number of hydrogen-bond donors (Lipinski definition) is 2. The molecule has 0 bridgehead atoms. The Labute approximate surface area is 205 Å². The molecule has 2 fully saturated rings. The van der Waals surface area contributed by atoms with Gasteiger partial charge in [-0.2, -0.15) is 0 Å². The first-order chi connectivity index (χ1) is 16.9. The number of anilines is 1. The minimum atomic E-state index is -1.13. The van der Waals surface area contributed by atoms with E-state index in [4.69, 9.17) is 14.8 Å². The number of piperazine rings is 1. The van der Waals surface area contributed by atoms with Crippen LogP contribution in [0.3, 0.4) is 0 Å². The summed E-state index contributed by atoms with van der Waals surface area (Å²) >= 11 is 0. The molecule has 5 rings (SSSR count). The summed E-state index contributed by atoms with van der Waals surface area (Å²) < 4.78 is 7.67. The number of hydrogen-bond acceptors (Lipinski definition) is 6. The third kappa shape index (κ3) is 4.70. The second kappa shape index (κ2) is 9.83. The molecule has 0 radical (unpaired) electrons. The standard InChI is InChI=1S/C26H34N6O3/c1-17-24-23(19-6-9-21(28-26(33)34)22(16-19)35-3)29-25(32(24)11-10-27-17)18-4-7-20(8-5-18)31-14-12-30(2)13-15-31/h6,9-11,16,18,20,28H,4-5,7-8,12-15H2,1-3H3,(H,33,34). The molecule has 1 aliphatic carbocycles. The van der Waals surface area contributed by atoms with E-state index in [1.807, 2.05) is 31.5 Å². The Morgan fingerprint density at radius 1 is 1.14 bits per heavy atom. The fourth-order valence-corrected chi connectivity index (χ4v) is 5.65. The van der Waals surface area contributed by atoms with Crippen LogP contribution in [-0.4, -0.2) is 81.7 Å². The topological polar surface area (TPSA) is 95.2 Å². The van der Waals surface area contributed by atoms with Crippen molar-refractivity contribution in [1.29, 1.82) is 0 Å². The van der Waals surface area contributed by atoms with Crippen LogP contribution in [0.2, 0.25) is 0 Å².